The molecule has 0 N–H and O–H groups in total. The Morgan fingerprint density at radius 3 is 1.41 bits per heavy atom. The lowest BCUT2D eigenvalue weighted by atomic mass is 9.92. The fourth-order valence-electron chi connectivity index (χ4n) is 7.66. The van der Waals surface area contributed by atoms with Crippen LogP contribution >= 0.6 is 0 Å². The largest absolute Gasteiger partial charge is 0.449 e. The molecule has 6 heteroatoms. The first-order valence-corrected chi connectivity index (χ1v) is 19.2. The molecule has 0 bridgehead atoms. The molecule has 11 rings (SSSR count). The van der Waals surface area contributed by atoms with E-state index in [2.05, 4.69) is 119 Å². The van der Waals surface area contributed by atoms with E-state index < -0.39 is 0 Å². The summed E-state index contributed by atoms with van der Waals surface area (Å²) < 4.78 is 13.4. The molecule has 0 radical (unpaired) electrons. The molecule has 6 nitrogen and oxygen atoms in total. The third-order valence-electron chi connectivity index (χ3n) is 10.6. The molecule has 7 aromatic carbocycles. The predicted molar refractivity (Wildman–Crippen MR) is 232 cm³/mol. The van der Waals surface area contributed by atoms with Crippen molar-refractivity contribution in [2.75, 3.05) is 0 Å². The second kappa shape index (κ2) is 14.0. The SMILES string of the molecule is c1ccc(-c2ccc(-c3cc(-c4ccc5c(c4)Oc4cc(-c6ccc7cccnc7c6)c(-c6ccc7cccnc7c6)cc4O5)nc(-c4ccccc4)n3)cc2)cc1. The molecule has 3 aromatic heterocycles. The average molecular weight is 745 g/mol. The second-order valence-electron chi connectivity index (χ2n) is 14.3. The molecule has 1 aliphatic heterocycles. The Balaban J connectivity index is 0.997. The fourth-order valence-corrected chi connectivity index (χ4v) is 7.66. The van der Waals surface area contributed by atoms with Gasteiger partial charge in [0.15, 0.2) is 28.8 Å². The van der Waals surface area contributed by atoms with Crippen molar-refractivity contribution in [2.45, 2.75) is 0 Å². The molecule has 58 heavy (non-hydrogen) atoms. The highest BCUT2D eigenvalue weighted by atomic mass is 16.6. The van der Waals surface area contributed by atoms with E-state index in [1.807, 2.05) is 85.2 Å². The second-order valence-corrected chi connectivity index (χ2v) is 14.3. The average Bonchev–Trinajstić information content (AvgIpc) is 3.30. The van der Waals surface area contributed by atoms with Crippen LogP contribution < -0.4 is 9.47 Å². The number of rotatable bonds is 6. The Hall–Kier alpha value is -7.96. The van der Waals surface area contributed by atoms with E-state index in [1.54, 1.807) is 0 Å². The van der Waals surface area contributed by atoms with Crippen LogP contribution in [0.15, 0.2) is 194 Å². The van der Waals surface area contributed by atoms with E-state index in [0.717, 1.165) is 77.7 Å². The van der Waals surface area contributed by atoms with Crippen molar-refractivity contribution in [3.05, 3.63) is 194 Å². The third kappa shape index (κ3) is 6.19. The molecule has 10 aromatic rings. The summed E-state index contributed by atoms with van der Waals surface area (Å²) in [5.74, 6) is 3.13. The first-order valence-electron chi connectivity index (χ1n) is 19.2. The van der Waals surface area contributed by atoms with Gasteiger partial charge in [-0.2, -0.15) is 0 Å². The van der Waals surface area contributed by atoms with E-state index in [9.17, 15) is 0 Å². The van der Waals surface area contributed by atoms with E-state index in [0.29, 0.717) is 28.8 Å². The molecule has 1 aliphatic rings. The summed E-state index contributed by atoms with van der Waals surface area (Å²) >= 11 is 0. The van der Waals surface area contributed by atoms with Gasteiger partial charge in [0, 0.05) is 39.9 Å². The van der Waals surface area contributed by atoms with Gasteiger partial charge in [0.25, 0.3) is 0 Å². The van der Waals surface area contributed by atoms with Crippen LogP contribution in [0, 0.1) is 0 Å². The van der Waals surface area contributed by atoms with Crippen molar-refractivity contribution in [1.82, 2.24) is 19.9 Å². The Bertz CT molecular complexity index is 3170. The van der Waals surface area contributed by atoms with Gasteiger partial charge in [-0.3, -0.25) is 9.97 Å². The highest BCUT2D eigenvalue weighted by Crippen LogP contribution is 2.51. The summed E-state index contributed by atoms with van der Waals surface area (Å²) in [5.41, 5.74) is 12.6. The number of fused-ring (bicyclic) bond motifs is 4. The lowest BCUT2D eigenvalue weighted by molar-refractivity contribution is 0.360. The first-order chi connectivity index (χ1) is 28.7. The topological polar surface area (TPSA) is 70.0 Å². The Labute approximate surface area is 334 Å². The minimum atomic E-state index is 0.604. The van der Waals surface area contributed by atoms with Gasteiger partial charge >= 0.3 is 0 Å². The lowest BCUT2D eigenvalue weighted by Crippen LogP contribution is -2.01. The molecule has 0 saturated heterocycles. The number of ether oxygens (including phenoxy) is 2. The minimum absolute atomic E-state index is 0.604. The number of hydrogen-bond acceptors (Lipinski definition) is 6. The van der Waals surface area contributed by atoms with Crippen molar-refractivity contribution < 1.29 is 9.47 Å². The molecule has 0 spiro atoms. The molecule has 0 unspecified atom stereocenters. The number of nitrogens with zero attached hydrogens (tertiary/aromatic N) is 4. The highest BCUT2D eigenvalue weighted by Gasteiger charge is 2.24. The maximum atomic E-state index is 6.74. The summed E-state index contributed by atoms with van der Waals surface area (Å²) in [4.78, 5) is 19.4. The summed E-state index contributed by atoms with van der Waals surface area (Å²) in [6.07, 6.45) is 3.65. The predicted octanol–water partition coefficient (Wildman–Crippen LogP) is 13.5. The number of benzene rings is 7. The van der Waals surface area contributed by atoms with Gasteiger partial charge in [0.05, 0.1) is 22.4 Å². The highest BCUT2D eigenvalue weighted by molar-refractivity contribution is 5.94. The van der Waals surface area contributed by atoms with Crippen molar-refractivity contribution in [3.8, 4) is 90.3 Å². The zero-order chi connectivity index (χ0) is 38.4. The van der Waals surface area contributed by atoms with E-state index >= 15 is 0 Å². The van der Waals surface area contributed by atoms with Gasteiger partial charge in [0.2, 0.25) is 0 Å². The number of aromatic nitrogens is 4. The van der Waals surface area contributed by atoms with Crippen LogP contribution in [0.4, 0.5) is 0 Å². The zero-order valence-corrected chi connectivity index (χ0v) is 31.1. The number of hydrogen-bond donors (Lipinski definition) is 0. The van der Waals surface area contributed by atoms with Gasteiger partial charge in [0.1, 0.15) is 0 Å². The van der Waals surface area contributed by atoms with Crippen molar-refractivity contribution in [1.29, 1.82) is 0 Å². The molecule has 4 heterocycles. The molecular formula is C52H32N4O2. The van der Waals surface area contributed by atoms with Crippen LogP contribution in [0.2, 0.25) is 0 Å². The molecule has 0 saturated carbocycles. The molecule has 0 amide bonds. The van der Waals surface area contributed by atoms with Gasteiger partial charge in [-0.15, -0.1) is 0 Å². The Morgan fingerprint density at radius 2 is 0.793 bits per heavy atom. The standard InChI is InChI=1S/C52H32N4O2/c1-3-9-33(10-4-1)34-15-17-37(18-16-34)46-32-47(56-52(55-46)38-11-5-2-6-12-38)41-23-24-48-49(29-41)58-51-31-43(40-22-20-36-14-8-26-54-45(36)28-40)42(30-50(51)57-48)39-21-19-35-13-7-25-53-44(35)27-39/h1-32H. The van der Waals surface area contributed by atoms with E-state index in [1.165, 1.54) is 5.56 Å². The van der Waals surface area contributed by atoms with Crippen molar-refractivity contribution in [3.63, 3.8) is 0 Å². The summed E-state index contributed by atoms with van der Waals surface area (Å²) in [6.45, 7) is 0. The van der Waals surface area contributed by atoms with Crippen molar-refractivity contribution >= 4 is 21.8 Å². The van der Waals surface area contributed by atoms with Crippen LogP contribution in [0.1, 0.15) is 0 Å². The monoisotopic (exact) mass is 744 g/mol. The molecular weight excluding hydrogens is 713 g/mol. The quantitative estimate of drug-likeness (QED) is 0.169. The normalized spacial score (nSPS) is 11.7. The van der Waals surface area contributed by atoms with Crippen LogP contribution in [-0.4, -0.2) is 19.9 Å². The Kier molecular flexibility index (Phi) is 8.04. The Morgan fingerprint density at radius 1 is 0.310 bits per heavy atom. The first kappa shape index (κ1) is 33.4. The summed E-state index contributed by atoms with van der Waals surface area (Å²) in [5, 5.41) is 2.16. The van der Waals surface area contributed by atoms with Crippen LogP contribution in [0.25, 0.3) is 89.1 Å². The smallest absolute Gasteiger partial charge is 0.170 e. The third-order valence-corrected chi connectivity index (χ3v) is 10.6. The fraction of sp³-hybridized carbons (Fsp3) is 0. The van der Waals surface area contributed by atoms with Crippen molar-refractivity contribution in [2.24, 2.45) is 0 Å². The summed E-state index contributed by atoms with van der Waals surface area (Å²) in [7, 11) is 0. The maximum absolute atomic E-state index is 6.74. The van der Waals surface area contributed by atoms with Crippen LogP contribution in [0.5, 0.6) is 23.0 Å². The van der Waals surface area contributed by atoms with Crippen LogP contribution in [0.3, 0.4) is 0 Å². The minimum Gasteiger partial charge on any atom is -0.449 e. The van der Waals surface area contributed by atoms with Gasteiger partial charge < -0.3 is 9.47 Å². The van der Waals surface area contributed by atoms with Gasteiger partial charge in [-0.05, 0) is 94.0 Å². The molecule has 0 aliphatic carbocycles. The molecule has 0 fully saturated rings. The van der Waals surface area contributed by atoms with Gasteiger partial charge in [-0.25, -0.2) is 9.97 Å². The number of pyridine rings is 2. The maximum Gasteiger partial charge on any atom is 0.170 e. The summed E-state index contributed by atoms with van der Waals surface area (Å²) in [6, 6.07) is 62.0. The van der Waals surface area contributed by atoms with E-state index in [4.69, 9.17) is 19.4 Å². The van der Waals surface area contributed by atoms with Gasteiger partial charge in [-0.1, -0.05) is 121 Å². The lowest BCUT2D eigenvalue weighted by Gasteiger charge is -2.24. The van der Waals surface area contributed by atoms with E-state index in [-0.39, 0.29) is 0 Å². The molecule has 272 valence electrons. The van der Waals surface area contributed by atoms with Crippen LogP contribution in [-0.2, 0) is 0 Å². The zero-order valence-electron chi connectivity index (χ0n) is 31.1. The molecule has 0 atom stereocenters.